The van der Waals surface area contributed by atoms with Crippen molar-refractivity contribution in [3.05, 3.63) is 104 Å². The molecule has 0 saturated carbocycles. The van der Waals surface area contributed by atoms with E-state index in [1.165, 1.54) is 30.3 Å². The summed E-state index contributed by atoms with van der Waals surface area (Å²) in [7, 11) is 0. The van der Waals surface area contributed by atoms with Crippen LogP contribution in [-0.2, 0) is 4.79 Å². The number of benzene rings is 3. The highest BCUT2D eigenvalue weighted by atomic mass is 35.5. The average Bonchev–Trinajstić information content (AvgIpc) is 2.74. The Labute approximate surface area is 187 Å². The molecule has 3 aromatic rings. The van der Waals surface area contributed by atoms with Gasteiger partial charge in [-0.05, 0) is 42.5 Å². The lowest BCUT2D eigenvalue weighted by molar-refractivity contribution is -0.385. The van der Waals surface area contributed by atoms with Crippen LogP contribution in [0.4, 0.5) is 17.1 Å². The molecule has 0 unspecified atom stereocenters. The van der Waals surface area contributed by atoms with Gasteiger partial charge in [-0.3, -0.25) is 19.7 Å². The summed E-state index contributed by atoms with van der Waals surface area (Å²) in [5.74, 6) is -1.04. The van der Waals surface area contributed by atoms with Crippen LogP contribution < -0.4 is 10.6 Å². The van der Waals surface area contributed by atoms with Crippen molar-refractivity contribution in [2.75, 3.05) is 10.6 Å². The van der Waals surface area contributed by atoms with Crippen molar-refractivity contribution in [3.63, 3.8) is 0 Å². The molecule has 0 aliphatic heterocycles. The van der Waals surface area contributed by atoms with E-state index in [1.807, 2.05) is 0 Å². The number of nitrogens with one attached hydrogen (secondary N) is 2. The molecule has 3 aromatic carbocycles. The zero-order valence-electron chi connectivity index (χ0n) is 15.8. The Kier molecular flexibility index (Phi) is 7.02. The molecule has 0 atom stereocenters. The molecule has 0 fully saturated rings. The zero-order valence-corrected chi connectivity index (χ0v) is 17.4. The second kappa shape index (κ2) is 9.88. The summed E-state index contributed by atoms with van der Waals surface area (Å²) >= 11 is 12.0. The first-order chi connectivity index (χ1) is 14.8. The topological polar surface area (TPSA) is 101 Å². The van der Waals surface area contributed by atoms with Crippen LogP contribution in [-0.4, -0.2) is 16.7 Å². The minimum atomic E-state index is -0.553. The lowest BCUT2D eigenvalue weighted by atomic mass is 10.1. The number of para-hydroxylation sites is 2. The summed E-state index contributed by atoms with van der Waals surface area (Å²) in [5.41, 5.74) is 1.01. The second-order valence-electron chi connectivity index (χ2n) is 6.26. The van der Waals surface area contributed by atoms with Crippen LogP contribution >= 0.6 is 23.2 Å². The lowest BCUT2D eigenvalue weighted by Crippen LogP contribution is -2.17. The first kappa shape index (κ1) is 22.0. The number of carbonyl (C=O) groups excluding carboxylic acids is 2. The summed E-state index contributed by atoms with van der Waals surface area (Å²) in [5, 5.41) is 17.1. The number of hydrogen-bond acceptors (Lipinski definition) is 4. The molecule has 7 nitrogen and oxygen atoms in total. The summed E-state index contributed by atoms with van der Waals surface area (Å²) in [6, 6.07) is 17.1. The van der Waals surface area contributed by atoms with Crippen LogP contribution in [0.2, 0.25) is 10.0 Å². The number of halogens is 2. The predicted octanol–water partition coefficient (Wildman–Crippen LogP) is 5.81. The van der Waals surface area contributed by atoms with E-state index in [-0.39, 0.29) is 27.5 Å². The minimum absolute atomic E-state index is 0.119. The molecule has 2 N–H and O–H groups in total. The standard InChI is InChI=1S/C22H15Cl2N3O4/c23-15-10-11-19(17(24)13-15)26-22(29)16-6-2-3-7-18(16)25-21(28)12-9-14-5-1-4-8-20(14)27(30)31/h1-13H,(H,25,28)(H,26,29). The third-order valence-corrected chi connectivity index (χ3v) is 4.70. The fraction of sp³-hybridized carbons (Fsp3) is 0. The van der Waals surface area contributed by atoms with Gasteiger partial charge in [0.1, 0.15) is 0 Å². The van der Waals surface area contributed by atoms with Gasteiger partial charge in [-0.1, -0.05) is 47.5 Å². The van der Waals surface area contributed by atoms with Crippen molar-refractivity contribution in [1.29, 1.82) is 0 Å². The van der Waals surface area contributed by atoms with E-state index < -0.39 is 16.7 Å². The van der Waals surface area contributed by atoms with Crippen molar-refractivity contribution in [2.24, 2.45) is 0 Å². The lowest BCUT2D eigenvalue weighted by Gasteiger charge is -2.11. The maximum Gasteiger partial charge on any atom is 0.276 e. The third-order valence-electron chi connectivity index (χ3n) is 4.16. The maximum atomic E-state index is 12.7. The van der Waals surface area contributed by atoms with Gasteiger partial charge in [0, 0.05) is 17.2 Å². The van der Waals surface area contributed by atoms with Crippen molar-refractivity contribution >= 4 is 58.2 Å². The zero-order chi connectivity index (χ0) is 22.4. The first-order valence-corrected chi connectivity index (χ1v) is 9.68. The maximum absolute atomic E-state index is 12.7. The molecule has 31 heavy (non-hydrogen) atoms. The van der Waals surface area contributed by atoms with Crippen molar-refractivity contribution in [2.45, 2.75) is 0 Å². The van der Waals surface area contributed by atoms with E-state index in [1.54, 1.807) is 42.5 Å². The van der Waals surface area contributed by atoms with Gasteiger partial charge in [-0.2, -0.15) is 0 Å². The summed E-state index contributed by atoms with van der Waals surface area (Å²) in [6.45, 7) is 0. The van der Waals surface area contributed by atoms with Gasteiger partial charge < -0.3 is 10.6 Å². The van der Waals surface area contributed by atoms with Crippen LogP contribution in [0, 0.1) is 10.1 Å². The molecule has 0 heterocycles. The fourth-order valence-corrected chi connectivity index (χ4v) is 3.16. The summed E-state index contributed by atoms with van der Waals surface area (Å²) in [4.78, 5) is 35.6. The van der Waals surface area contributed by atoms with E-state index in [0.29, 0.717) is 10.7 Å². The molecular formula is C22H15Cl2N3O4. The molecule has 0 aliphatic carbocycles. The number of rotatable bonds is 6. The van der Waals surface area contributed by atoms with Crippen LogP contribution in [0.3, 0.4) is 0 Å². The van der Waals surface area contributed by atoms with E-state index in [9.17, 15) is 19.7 Å². The molecule has 156 valence electrons. The molecule has 0 radical (unpaired) electrons. The molecule has 0 saturated heterocycles. The van der Waals surface area contributed by atoms with E-state index in [2.05, 4.69) is 10.6 Å². The molecule has 0 aromatic heterocycles. The second-order valence-corrected chi connectivity index (χ2v) is 7.11. The highest BCUT2D eigenvalue weighted by Crippen LogP contribution is 2.27. The molecular weight excluding hydrogens is 441 g/mol. The molecule has 0 aliphatic rings. The summed E-state index contributed by atoms with van der Waals surface area (Å²) in [6.07, 6.45) is 2.50. The Morgan fingerprint density at radius 1 is 0.903 bits per heavy atom. The van der Waals surface area contributed by atoms with Gasteiger partial charge in [0.15, 0.2) is 0 Å². The molecule has 2 amide bonds. The normalized spacial score (nSPS) is 10.6. The largest absolute Gasteiger partial charge is 0.322 e. The van der Waals surface area contributed by atoms with Crippen molar-refractivity contribution in [1.82, 2.24) is 0 Å². The van der Waals surface area contributed by atoms with Crippen molar-refractivity contribution in [3.8, 4) is 0 Å². The highest BCUT2D eigenvalue weighted by molar-refractivity contribution is 6.36. The van der Waals surface area contributed by atoms with Crippen LogP contribution in [0.1, 0.15) is 15.9 Å². The van der Waals surface area contributed by atoms with E-state index in [0.717, 1.165) is 6.08 Å². The molecule has 0 bridgehead atoms. The van der Waals surface area contributed by atoms with Crippen LogP contribution in [0.5, 0.6) is 0 Å². The Morgan fingerprint density at radius 3 is 2.35 bits per heavy atom. The quantitative estimate of drug-likeness (QED) is 0.278. The number of amides is 2. The van der Waals surface area contributed by atoms with Gasteiger partial charge >= 0.3 is 0 Å². The van der Waals surface area contributed by atoms with E-state index in [4.69, 9.17) is 23.2 Å². The summed E-state index contributed by atoms with van der Waals surface area (Å²) < 4.78 is 0. The van der Waals surface area contributed by atoms with Crippen molar-refractivity contribution < 1.29 is 14.5 Å². The Balaban J connectivity index is 1.77. The average molecular weight is 456 g/mol. The molecule has 9 heteroatoms. The molecule has 3 rings (SSSR count). The van der Waals surface area contributed by atoms with Crippen LogP contribution in [0.15, 0.2) is 72.8 Å². The van der Waals surface area contributed by atoms with Gasteiger partial charge in [-0.25, -0.2) is 0 Å². The van der Waals surface area contributed by atoms with Gasteiger partial charge in [-0.15, -0.1) is 0 Å². The predicted molar refractivity (Wildman–Crippen MR) is 122 cm³/mol. The van der Waals surface area contributed by atoms with Gasteiger partial charge in [0.25, 0.3) is 11.6 Å². The monoisotopic (exact) mass is 455 g/mol. The third kappa shape index (κ3) is 5.69. The number of nitro benzene ring substituents is 1. The smallest absolute Gasteiger partial charge is 0.276 e. The number of carbonyl (C=O) groups is 2. The Morgan fingerprint density at radius 2 is 1.61 bits per heavy atom. The van der Waals surface area contributed by atoms with E-state index >= 15 is 0 Å². The van der Waals surface area contributed by atoms with Gasteiger partial charge in [0.05, 0.1) is 32.4 Å². The minimum Gasteiger partial charge on any atom is -0.322 e. The number of anilines is 2. The van der Waals surface area contributed by atoms with Gasteiger partial charge in [0.2, 0.25) is 5.91 Å². The molecule has 0 spiro atoms. The Hall–Kier alpha value is -3.68. The number of hydrogen-bond donors (Lipinski definition) is 2. The first-order valence-electron chi connectivity index (χ1n) is 8.93. The number of nitro groups is 1. The Bertz CT molecular complexity index is 1190. The highest BCUT2D eigenvalue weighted by Gasteiger charge is 2.15. The number of nitrogens with zero attached hydrogens (tertiary/aromatic N) is 1. The van der Waals surface area contributed by atoms with Crippen LogP contribution in [0.25, 0.3) is 6.08 Å². The SMILES string of the molecule is O=C(C=Cc1ccccc1[N+](=O)[O-])Nc1ccccc1C(=O)Nc1ccc(Cl)cc1Cl. The fourth-order valence-electron chi connectivity index (χ4n) is 2.71.